The van der Waals surface area contributed by atoms with Crippen LogP contribution in [0.3, 0.4) is 0 Å². The van der Waals surface area contributed by atoms with Crippen molar-refractivity contribution in [2.24, 2.45) is 5.41 Å². The molecular formula is C12H22N2O3S. The molecule has 1 aliphatic rings. The lowest BCUT2D eigenvalue weighted by atomic mass is 9.86. The second-order valence-corrected chi connectivity index (χ2v) is 5.89. The van der Waals surface area contributed by atoms with Gasteiger partial charge in [-0.25, -0.2) is 4.79 Å². The molecule has 1 fully saturated rings. The normalized spacial score (nSPS) is 19.2. The van der Waals surface area contributed by atoms with E-state index in [9.17, 15) is 14.7 Å². The van der Waals surface area contributed by atoms with Crippen molar-refractivity contribution in [3.63, 3.8) is 0 Å². The van der Waals surface area contributed by atoms with Gasteiger partial charge in [-0.2, -0.15) is 11.8 Å². The smallest absolute Gasteiger partial charge is 0.315 e. The highest BCUT2D eigenvalue weighted by Crippen LogP contribution is 2.37. The third-order valence-electron chi connectivity index (χ3n) is 3.40. The monoisotopic (exact) mass is 274 g/mol. The van der Waals surface area contributed by atoms with Gasteiger partial charge in [0.05, 0.1) is 5.41 Å². The van der Waals surface area contributed by atoms with E-state index in [1.54, 1.807) is 11.8 Å². The number of carbonyl (C=O) groups excluding carboxylic acids is 1. The van der Waals surface area contributed by atoms with Crippen LogP contribution in [0.5, 0.6) is 0 Å². The van der Waals surface area contributed by atoms with Crippen molar-refractivity contribution in [2.75, 3.05) is 18.6 Å². The zero-order chi connectivity index (χ0) is 13.6. The van der Waals surface area contributed by atoms with Crippen molar-refractivity contribution in [3.05, 3.63) is 0 Å². The Morgan fingerprint density at radius 2 is 2.00 bits per heavy atom. The Balaban J connectivity index is 2.39. The molecule has 1 rings (SSSR count). The van der Waals surface area contributed by atoms with Gasteiger partial charge in [0, 0.05) is 18.3 Å². The third-order valence-corrected chi connectivity index (χ3v) is 4.23. The molecule has 18 heavy (non-hydrogen) atoms. The molecule has 0 radical (unpaired) electrons. The first-order valence-corrected chi connectivity index (χ1v) is 7.66. The first-order chi connectivity index (χ1) is 8.50. The van der Waals surface area contributed by atoms with E-state index in [0.29, 0.717) is 12.8 Å². The van der Waals surface area contributed by atoms with E-state index in [2.05, 4.69) is 10.6 Å². The SMILES string of the molecule is CSCC(C)NC(=O)NCC1(C(=O)O)CCCC1. The van der Waals surface area contributed by atoms with Crippen LogP contribution in [-0.2, 0) is 4.79 Å². The molecule has 1 atom stereocenters. The molecule has 1 aliphatic carbocycles. The van der Waals surface area contributed by atoms with Crippen molar-refractivity contribution < 1.29 is 14.7 Å². The zero-order valence-electron chi connectivity index (χ0n) is 11.0. The van der Waals surface area contributed by atoms with Crippen LogP contribution in [0.2, 0.25) is 0 Å². The molecule has 3 N–H and O–H groups in total. The van der Waals surface area contributed by atoms with Gasteiger partial charge in [0.15, 0.2) is 0 Å². The molecular weight excluding hydrogens is 252 g/mol. The number of hydrogen-bond acceptors (Lipinski definition) is 3. The van der Waals surface area contributed by atoms with Crippen LogP contribution in [0, 0.1) is 5.41 Å². The van der Waals surface area contributed by atoms with E-state index in [4.69, 9.17) is 0 Å². The molecule has 0 aliphatic heterocycles. The minimum absolute atomic E-state index is 0.0874. The summed E-state index contributed by atoms with van der Waals surface area (Å²) in [5.74, 6) is 0.0507. The third kappa shape index (κ3) is 4.08. The maximum atomic E-state index is 11.6. The minimum atomic E-state index is -0.794. The van der Waals surface area contributed by atoms with Crippen molar-refractivity contribution in [3.8, 4) is 0 Å². The van der Waals surface area contributed by atoms with Crippen LogP contribution in [0.4, 0.5) is 4.79 Å². The quantitative estimate of drug-likeness (QED) is 0.688. The summed E-state index contributed by atoms with van der Waals surface area (Å²) in [4.78, 5) is 22.9. The van der Waals surface area contributed by atoms with E-state index >= 15 is 0 Å². The van der Waals surface area contributed by atoms with Gasteiger partial charge in [-0.15, -0.1) is 0 Å². The molecule has 104 valence electrons. The van der Waals surface area contributed by atoms with Crippen LogP contribution in [0.1, 0.15) is 32.6 Å². The number of aliphatic carboxylic acids is 1. The topological polar surface area (TPSA) is 78.4 Å². The van der Waals surface area contributed by atoms with Gasteiger partial charge in [-0.3, -0.25) is 4.79 Å². The van der Waals surface area contributed by atoms with Crippen LogP contribution in [-0.4, -0.2) is 41.7 Å². The largest absolute Gasteiger partial charge is 0.481 e. The van der Waals surface area contributed by atoms with Crippen molar-refractivity contribution in [2.45, 2.75) is 38.6 Å². The van der Waals surface area contributed by atoms with Crippen LogP contribution in [0.25, 0.3) is 0 Å². The summed E-state index contributed by atoms with van der Waals surface area (Å²) in [5.41, 5.74) is -0.750. The zero-order valence-corrected chi connectivity index (χ0v) is 11.8. The maximum Gasteiger partial charge on any atom is 0.315 e. The Morgan fingerprint density at radius 3 is 2.50 bits per heavy atom. The first-order valence-electron chi connectivity index (χ1n) is 6.27. The molecule has 0 saturated heterocycles. The molecule has 0 aromatic heterocycles. The minimum Gasteiger partial charge on any atom is -0.481 e. The van der Waals surface area contributed by atoms with E-state index in [1.807, 2.05) is 13.2 Å². The Hall–Kier alpha value is -0.910. The highest BCUT2D eigenvalue weighted by Gasteiger charge is 2.41. The molecule has 0 spiro atoms. The Labute approximate surface area is 112 Å². The van der Waals surface area contributed by atoms with Crippen LogP contribution in [0.15, 0.2) is 0 Å². The van der Waals surface area contributed by atoms with E-state index in [1.165, 1.54) is 0 Å². The lowest BCUT2D eigenvalue weighted by molar-refractivity contribution is -0.148. The number of carboxylic acid groups (broad SMARTS) is 1. The number of carbonyl (C=O) groups is 2. The van der Waals surface area contributed by atoms with E-state index in [0.717, 1.165) is 18.6 Å². The number of urea groups is 1. The van der Waals surface area contributed by atoms with Gasteiger partial charge >= 0.3 is 12.0 Å². The lowest BCUT2D eigenvalue weighted by Gasteiger charge is -2.24. The average molecular weight is 274 g/mol. The first kappa shape index (κ1) is 15.1. The Bertz CT molecular complexity index is 304. The lowest BCUT2D eigenvalue weighted by Crippen LogP contribution is -2.47. The molecule has 0 bridgehead atoms. The van der Waals surface area contributed by atoms with Gasteiger partial charge < -0.3 is 15.7 Å². The standard InChI is InChI=1S/C12H22N2O3S/c1-9(7-18-2)14-11(17)13-8-12(10(15)16)5-3-4-6-12/h9H,3-8H2,1-2H3,(H,15,16)(H2,13,14,17). The second kappa shape index (κ2) is 6.87. The second-order valence-electron chi connectivity index (χ2n) is 4.98. The fourth-order valence-corrected chi connectivity index (χ4v) is 2.92. The van der Waals surface area contributed by atoms with Gasteiger partial charge in [-0.05, 0) is 26.0 Å². The summed E-state index contributed by atoms with van der Waals surface area (Å²) >= 11 is 1.66. The van der Waals surface area contributed by atoms with Gasteiger partial charge in [0.1, 0.15) is 0 Å². The van der Waals surface area contributed by atoms with E-state index in [-0.39, 0.29) is 18.6 Å². The fraction of sp³-hybridized carbons (Fsp3) is 0.833. The summed E-state index contributed by atoms with van der Waals surface area (Å²) < 4.78 is 0. The number of nitrogens with one attached hydrogen (secondary N) is 2. The highest BCUT2D eigenvalue weighted by atomic mass is 32.2. The molecule has 2 amide bonds. The fourth-order valence-electron chi connectivity index (χ4n) is 2.33. The summed E-state index contributed by atoms with van der Waals surface area (Å²) in [5, 5.41) is 14.8. The van der Waals surface area contributed by atoms with Crippen molar-refractivity contribution in [1.29, 1.82) is 0 Å². The predicted molar refractivity (Wildman–Crippen MR) is 72.9 cm³/mol. The summed E-state index contributed by atoms with van der Waals surface area (Å²) in [6.07, 6.45) is 5.15. The number of carboxylic acids is 1. The van der Waals surface area contributed by atoms with Gasteiger partial charge in [0.25, 0.3) is 0 Å². The molecule has 1 saturated carbocycles. The molecule has 5 nitrogen and oxygen atoms in total. The molecule has 0 aromatic rings. The summed E-state index contributed by atoms with van der Waals surface area (Å²) in [7, 11) is 0. The number of amides is 2. The Morgan fingerprint density at radius 1 is 1.39 bits per heavy atom. The number of hydrogen-bond donors (Lipinski definition) is 3. The Kier molecular flexibility index (Phi) is 5.78. The molecule has 6 heteroatoms. The maximum absolute atomic E-state index is 11.6. The average Bonchev–Trinajstić information content (AvgIpc) is 2.76. The molecule has 0 heterocycles. The highest BCUT2D eigenvalue weighted by molar-refractivity contribution is 7.98. The number of rotatable bonds is 6. The molecule has 0 aromatic carbocycles. The van der Waals surface area contributed by atoms with Gasteiger partial charge in [0.2, 0.25) is 0 Å². The predicted octanol–water partition coefficient (Wildman–Crippen LogP) is 1.68. The summed E-state index contributed by atoms with van der Waals surface area (Å²) in [6, 6.07) is -0.187. The van der Waals surface area contributed by atoms with Crippen molar-refractivity contribution >= 4 is 23.8 Å². The van der Waals surface area contributed by atoms with Gasteiger partial charge in [-0.1, -0.05) is 12.8 Å². The van der Waals surface area contributed by atoms with Crippen molar-refractivity contribution in [1.82, 2.24) is 10.6 Å². The van der Waals surface area contributed by atoms with E-state index < -0.39 is 11.4 Å². The van der Waals surface area contributed by atoms with Crippen LogP contribution >= 0.6 is 11.8 Å². The summed E-state index contributed by atoms with van der Waals surface area (Å²) in [6.45, 7) is 2.15. The number of thioether (sulfide) groups is 1. The molecule has 1 unspecified atom stereocenters. The van der Waals surface area contributed by atoms with Crippen LogP contribution < -0.4 is 10.6 Å².